The van der Waals surface area contributed by atoms with Crippen LogP contribution in [-0.2, 0) is 6.61 Å². The summed E-state index contributed by atoms with van der Waals surface area (Å²) in [6.45, 7) is 0.321. The van der Waals surface area contributed by atoms with Gasteiger partial charge in [0.15, 0.2) is 0 Å². The molecule has 0 bridgehead atoms. The zero-order valence-electron chi connectivity index (χ0n) is 12.9. The number of imidazole rings is 1. The number of nitrogens with zero attached hydrogens (tertiary/aromatic N) is 1. The first-order chi connectivity index (χ1) is 11.8. The zero-order chi connectivity index (χ0) is 16.4. The van der Waals surface area contributed by atoms with Gasteiger partial charge in [0, 0.05) is 5.56 Å². The molecule has 0 radical (unpaired) electrons. The number of hydrogen-bond donors (Lipinski definition) is 1. The zero-order valence-corrected chi connectivity index (χ0v) is 12.9. The summed E-state index contributed by atoms with van der Waals surface area (Å²) in [5.41, 5.74) is 3.67. The minimum atomic E-state index is -0.257. The van der Waals surface area contributed by atoms with E-state index in [1.54, 1.807) is 6.07 Å². The number of aromatic amines is 1. The second-order valence-corrected chi connectivity index (χ2v) is 5.55. The van der Waals surface area contributed by atoms with Crippen LogP contribution in [0, 0.1) is 5.82 Å². The molecule has 0 aliphatic heterocycles. The van der Waals surface area contributed by atoms with Crippen LogP contribution in [0.25, 0.3) is 22.4 Å². The van der Waals surface area contributed by atoms with E-state index in [1.165, 1.54) is 12.1 Å². The van der Waals surface area contributed by atoms with Crippen molar-refractivity contribution in [1.82, 2.24) is 9.97 Å². The smallest absolute Gasteiger partial charge is 0.138 e. The fourth-order valence-corrected chi connectivity index (χ4v) is 2.62. The molecule has 4 heteroatoms. The van der Waals surface area contributed by atoms with Crippen molar-refractivity contribution in [2.75, 3.05) is 0 Å². The Morgan fingerprint density at radius 1 is 0.917 bits per heavy atom. The van der Waals surface area contributed by atoms with Gasteiger partial charge in [0.05, 0.1) is 11.0 Å². The number of H-pyrrole nitrogens is 1. The summed E-state index contributed by atoms with van der Waals surface area (Å²) < 4.78 is 19.0. The fourth-order valence-electron chi connectivity index (χ4n) is 2.62. The Bertz CT molecular complexity index is 961. The molecule has 0 amide bonds. The Balaban J connectivity index is 1.57. The summed E-state index contributed by atoms with van der Waals surface area (Å²) in [5.74, 6) is 1.26. The SMILES string of the molecule is Fc1cccc(COc2cccc(-c3nc4ccccc4[nH]3)c2)c1. The maximum absolute atomic E-state index is 13.2. The number of fused-ring (bicyclic) bond motifs is 1. The molecule has 1 heterocycles. The fraction of sp³-hybridized carbons (Fsp3) is 0.0500. The van der Waals surface area contributed by atoms with Gasteiger partial charge in [-0.1, -0.05) is 36.4 Å². The Morgan fingerprint density at radius 3 is 2.67 bits per heavy atom. The van der Waals surface area contributed by atoms with Crippen molar-refractivity contribution < 1.29 is 9.13 Å². The van der Waals surface area contributed by atoms with Crippen LogP contribution in [0.3, 0.4) is 0 Å². The number of halogens is 1. The number of benzene rings is 3. The molecule has 24 heavy (non-hydrogen) atoms. The third kappa shape index (κ3) is 2.99. The molecule has 3 nitrogen and oxygen atoms in total. The lowest BCUT2D eigenvalue weighted by molar-refractivity contribution is 0.305. The number of aromatic nitrogens is 2. The number of para-hydroxylation sites is 2. The Kier molecular flexibility index (Phi) is 3.71. The lowest BCUT2D eigenvalue weighted by Gasteiger charge is -2.07. The van der Waals surface area contributed by atoms with Gasteiger partial charge < -0.3 is 9.72 Å². The highest BCUT2D eigenvalue weighted by Gasteiger charge is 2.06. The number of hydrogen-bond acceptors (Lipinski definition) is 2. The van der Waals surface area contributed by atoms with E-state index in [9.17, 15) is 4.39 Å². The molecule has 4 rings (SSSR count). The van der Waals surface area contributed by atoms with E-state index in [0.717, 1.165) is 33.7 Å². The molecular formula is C20H15FN2O. The molecule has 0 aliphatic rings. The number of nitrogens with one attached hydrogen (secondary N) is 1. The molecule has 0 saturated carbocycles. The van der Waals surface area contributed by atoms with Gasteiger partial charge in [0.1, 0.15) is 24.0 Å². The molecule has 118 valence electrons. The first kappa shape index (κ1) is 14.5. The van der Waals surface area contributed by atoms with Crippen LogP contribution < -0.4 is 4.74 Å². The Labute approximate surface area is 138 Å². The van der Waals surface area contributed by atoms with Crippen molar-refractivity contribution in [3.63, 3.8) is 0 Å². The Hall–Kier alpha value is -3.14. The molecule has 0 fully saturated rings. The normalized spacial score (nSPS) is 10.9. The van der Waals surface area contributed by atoms with Crippen molar-refractivity contribution >= 4 is 11.0 Å². The number of rotatable bonds is 4. The minimum Gasteiger partial charge on any atom is -0.489 e. The first-order valence-corrected chi connectivity index (χ1v) is 7.70. The molecule has 0 unspecified atom stereocenters. The molecule has 1 aromatic heterocycles. The van der Waals surface area contributed by atoms with E-state index in [1.807, 2.05) is 54.6 Å². The second-order valence-electron chi connectivity index (χ2n) is 5.55. The highest BCUT2D eigenvalue weighted by atomic mass is 19.1. The highest BCUT2D eigenvalue weighted by Crippen LogP contribution is 2.24. The van der Waals surface area contributed by atoms with Gasteiger partial charge >= 0.3 is 0 Å². The van der Waals surface area contributed by atoms with Crippen molar-refractivity contribution in [2.24, 2.45) is 0 Å². The quantitative estimate of drug-likeness (QED) is 0.578. The van der Waals surface area contributed by atoms with E-state index in [-0.39, 0.29) is 5.82 Å². The topological polar surface area (TPSA) is 37.9 Å². The summed E-state index contributed by atoms with van der Waals surface area (Å²) in [6.07, 6.45) is 0. The van der Waals surface area contributed by atoms with Crippen LogP contribution in [0.4, 0.5) is 4.39 Å². The molecule has 0 spiro atoms. The Morgan fingerprint density at radius 2 is 1.79 bits per heavy atom. The summed E-state index contributed by atoms with van der Waals surface area (Å²) >= 11 is 0. The predicted molar refractivity (Wildman–Crippen MR) is 92.3 cm³/mol. The van der Waals surface area contributed by atoms with Gasteiger partial charge in [-0.3, -0.25) is 0 Å². The lowest BCUT2D eigenvalue weighted by Crippen LogP contribution is -1.96. The average molecular weight is 318 g/mol. The first-order valence-electron chi connectivity index (χ1n) is 7.70. The van der Waals surface area contributed by atoms with Crippen LogP contribution in [0.2, 0.25) is 0 Å². The van der Waals surface area contributed by atoms with Crippen molar-refractivity contribution in [2.45, 2.75) is 6.61 Å². The monoisotopic (exact) mass is 318 g/mol. The van der Waals surface area contributed by atoms with E-state index < -0.39 is 0 Å². The van der Waals surface area contributed by atoms with Gasteiger partial charge in [-0.05, 0) is 42.0 Å². The van der Waals surface area contributed by atoms with Crippen LogP contribution in [0.5, 0.6) is 5.75 Å². The largest absolute Gasteiger partial charge is 0.489 e. The standard InChI is InChI=1S/C20H15FN2O/c21-16-7-3-5-14(11-16)13-24-17-8-4-6-15(12-17)20-22-18-9-1-2-10-19(18)23-20/h1-12H,13H2,(H,22,23). The van der Waals surface area contributed by atoms with Crippen molar-refractivity contribution in [1.29, 1.82) is 0 Å². The lowest BCUT2D eigenvalue weighted by atomic mass is 10.2. The second kappa shape index (κ2) is 6.16. The highest BCUT2D eigenvalue weighted by molar-refractivity contribution is 5.79. The minimum absolute atomic E-state index is 0.257. The maximum atomic E-state index is 13.2. The summed E-state index contributed by atoms with van der Waals surface area (Å²) in [5, 5.41) is 0. The van der Waals surface area contributed by atoms with E-state index in [0.29, 0.717) is 6.61 Å². The van der Waals surface area contributed by atoms with Gasteiger partial charge in [0.25, 0.3) is 0 Å². The predicted octanol–water partition coefficient (Wildman–Crippen LogP) is 4.95. The molecule has 1 N–H and O–H groups in total. The third-order valence-electron chi connectivity index (χ3n) is 3.79. The van der Waals surface area contributed by atoms with Gasteiger partial charge in [-0.25, -0.2) is 9.37 Å². The molecule has 0 atom stereocenters. The van der Waals surface area contributed by atoms with Gasteiger partial charge in [0.2, 0.25) is 0 Å². The molecular weight excluding hydrogens is 303 g/mol. The van der Waals surface area contributed by atoms with Crippen molar-refractivity contribution in [3.8, 4) is 17.1 Å². The summed E-state index contributed by atoms with van der Waals surface area (Å²) in [7, 11) is 0. The van der Waals surface area contributed by atoms with Crippen molar-refractivity contribution in [3.05, 3.63) is 84.2 Å². The molecule has 4 aromatic rings. The van der Waals surface area contributed by atoms with E-state index >= 15 is 0 Å². The molecule has 0 aliphatic carbocycles. The van der Waals surface area contributed by atoms with Crippen LogP contribution in [0.1, 0.15) is 5.56 Å². The molecule has 0 saturated heterocycles. The van der Waals surface area contributed by atoms with Crippen LogP contribution >= 0.6 is 0 Å². The van der Waals surface area contributed by atoms with Gasteiger partial charge in [-0.15, -0.1) is 0 Å². The third-order valence-corrected chi connectivity index (χ3v) is 3.79. The maximum Gasteiger partial charge on any atom is 0.138 e. The van der Waals surface area contributed by atoms with Gasteiger partial charge in [-0.2, -0.15) is 0 Å². The summed E-state index contributed by atoms with van der Waals surface area (Å²) in [4.78, 5) is 7.90. The molecule has 3 aromatic carbocycles. The van der Waals surface area contributed by atoms with E-state index in [4.69, 9.17) is 4.74 Å². The van der Waals surface area contributed by atoms with Crippen LogP contribution in [0.15, 0.2) is 72.8 Å². The van der Waals surface area contributed by atoms with Crippen LogP contribution in [-0.4, -0.2) is 9.97 Å². The number of ether oxygens (including phenoxy) is 1. The van der Waals surface area contributed by atoms with E-state index in [2.05, 4.69) is 9.97 Å². The summed E-state index contributed by atoms with van der Waals surface area (Å²) in [6, 6.07) is 22.0. The average Bonchev–Trinajstić information content (AvgIpc) is 3.05.